The van der Waals surface area contributed by atoms with E-state index in [1.54, 1.807) is 18.2 Å². The molecule has 2 rings (SSSR count). The van der Waals surface area contributed by atoms with Crippen molar-refractivity contribution in [2.24, 2.45) is 5.14 Å². The second-order valence-corrected chi connectivity index (χ2v) is 6.57. The highest BCUT2D eigenvalue weighted by atomic mass is 32.2. The lowest BCUT2D eigenvalue weighted by Gasteiger charge is -2.26. The quantitative estimate of drug-likeness (QED) is 0.613. The Hall–Kier alpha value is -1.73. The Morgan fingerprint density at radius 1 is 1.20 bits per heavy atom. The summed E-state index contributed by atoms with van der Waals surface area (Å²) in [6.07, 6.45) is 0.963. The summed E-state index contributed by atoms with van der Waals surface area (Å²) in [5.74, 6) is -1.59. The van der Waals surface area contributed by atoms with E-state index in [9.17, 15) is 18.0 Å². The lowest BCUT2D eigenvalue weighted by molar-refractivity contribution is -0.122. The summed E-state index contributed by atoms with van der Waals surface area (Å²) >= 11 is 0. The molecule has 1 fully saturated rings. The minimum atomic E-state index is -4.37. The smallest absolute Gasteiger partial charge is 0.250 e. The van der Waals surface area contributed by atoms with Crippen molar-refractivity contribution >= 4 is 21.7 Å². The summed E-state index contributed by atoms with van der Waals surface area (Å²) in [6, 6.07) is 7.88. The number of carbonyl (C=O) groups excluding carboxylic acids is 2. The molecular weight excluding hydrogens is 280 g/mol. The number of rotatable bonds is 3. The summed E-state index contributed by atoms with van der Waals surface area (Å²) in [4.78, 5) is 24.8. The molecule has 1 atom stereocenters. The summed E-state index contributed by atoms with van der Waals surface area (Å²) in [5, 5.41) is 7.71. The Kier molecular flexibility index (Phi) is 3.92. The molecule has 0 spiro atoms. The number of primary sulfonamides is 1. The molecule has 1 heterocycles. The second kappa shape index (κ2) is 5.34. The van der Waals surface area contributed by atoms with Crippen LogP contribution in [-0.4, -0.2) is 31.4 Å². The zero-order valence-electron chi connectivity index (χ0n) is 10.8. The molecule has 108 valence electrons. The van der Waals surface area contributed by atoms with E-state index in [0.29, 0.717) is 19.4 Å². The van der Waals surface area contributed by atoms with Crippen LogP contribution in [0.3, 0.4) is 0 Å². The average molecular weight is 296 g/mol. The van der Waals surface area contributed by atoms with E-state index < -0.39 is 26.5 Å². The number of benzene rings is 1. The first-order chi connectivity index (χ1) is 9.39. The molecule has 1 aromatic rings. The van der Waals surface area contributed by atoms with E-state index in [1.807, 2.05) is 0 Å². The third-order valence-corrected chi connectivity index (χ3v) is 5.04. The fraction of sp³-hybridized carbons (Fsp3) is 0.385. The Labute approximate surface area is 117 Å². The van der Waals surface area contributed by atoms with Gasteiger partial charge in [-0.15, -0.1) is 0 Å². The van der Waals surface area contributed by atoms with Crippen LogP contribution in [0.5, 0.6) is 0 Å². The zero-order valence-corrected chi connectivity index (χ0v) is 11.7. The van der Waals surface area contributed by atoms with Crippen LogP contribution in [0.1, 0.15) is 29.6 Å². The molecular formula is C13H16N2O4S. The van der Waals surface area contributed by atoms with Crippen molar-refractivity contribution in [1.82, 2.24) is 5.32 Å². The number of Topliss-reactive ketones (excluding diaryl/α,β-unsaturated/α-hetero) is 1. The van der Waals surface area contributed by atoms with E-state index in [1.165, 1.54) is 12.1 Å². The number of sulfonamides is 1. The van der Waals surface area contributed by atoms with Crippen LogP contribution in [0.4, 0.5) is 0 Å². The molecule has 1 aromatic carbocycles. The molecule has 3 N–H and O–H groups in total. The molecule has 0 bridgehead atoms. The van der Waals surface area contributed by atoms with Crippen LogP contribution < -0.4 is 10.5 Å². The average Bonchev–Trinajstić information content (AvgIpc) is 2.61. The van der Waals surface area contributed by atoms with Crippen molar-refractivity contribution in [3.63, 3.8) is 0 Å². The first-order valence-electron chi connectivity index (χ1n) is 6.30. The zero-order chi connectivity index (χ0) is 14.8. The van der Waals surface area contributed by atoms with Crippen LogP contribution >= 0.6 is 0 Å². The Morgan fingerprint density at radius 3 is 2.45 bits per heavy atom. The summed E-state index contributed by atoms with van der Waals surface area (Å²) in [6.45, 7) is 0.345. The first-order valence-corrected chi connectivity index (χ1v) is 7.85. The molecule has 1 saturated heterocycles. The number of hydrogen-bond acceptors (Lipinski definition) is 4. The molecule has 6 nitrogen and oxygen atoms in total. The predicted octanol–water partition coefficient (Wildman–Crippen LogP) is 0.197. The molecule has 1 aliphatic rings. The van der Waals surface area contributed by atoms with Gasteiger partial charge in [0.1, 0.15) is 0 Å². The maximum Gasteiger partial charge on any atom is 0.250 e. The summed E-state index contributed by atoms with van der Waals surface area (Å²) in [7, 11) is -4.37. The SMILES string of the molecule is NS(=O)(=O)C1(C(=O)c2ccccc2)CCCCNC1=O. The Bertz CT molecular complexity index is 627. The van der Waals surface area contributed by atoms with Gasteiger partial charge in [0.15, 0.2) is 5.78 Å². The largest absolute Gasteiger partial charge is 0.354 e. The van der Waals surface area contributed by atoms with Crippen molar-refractivity contribution < 1.29 is 18.0 Å². The summed E-state index contributed by atoms with van der Waals surface area (Å²) in [5.41, 5.74) is 0.165. The molecule has 20 heavy (non-hydrogen) atoms. The van der Waals surface area contributed by atoms with Crippen LogP contribution in [0.2, 0.25) is 0 Å². The normalized spacial score (nSPS) is 23.8. The van der Waals surface area contributed by atoms with Gasteiger partial charge in [-0.1, -0.05) is 30.3 Å². The molecule has 0 aromatic heterocycles. The topological polar surface area (TPSA) is 106 Å². The van der Waals surface area contributed by atoms with Crippen molar-refractivity contribution in [3.8, 4) is 0 Å². The predicted molar refractivity (Wildman–Crippen MR) is 73.5 cm³/mol. The van der Waals surface area contributed by atoms with Gasteiger partial charge in [-0.3, -0.25) is 9.59 Å². The maximum atomic E-state index is 12.6. The van der Waals surface area contributed by atoms with Crippen LogP contribution in [0.25, 0.3) is 0 Å². The minimum Gasteiger partial charge on any atom is -0.354 e. The van der Waals surface area contributed by atoms with Crippen molar-refractivity contribution in [2.45, 2.75) is 24.0 Å². The van der Waals surface area contributed by atoms with E-state index >= 15 is 0 Å². The lowest BCUT2D eigenvalue weighted by Crippen LogP contribution is -2.59. The second-order valence-electron chi connectivity index (χ2n) is 4.78. The van der Waals surface area contributed by atoms with Crippen LogP contribution in [0, 0.1) is 0 Å². The Balaban J connectivity index is 2.59. The molecule has 0 radical (unpaired) electrons. The summed E-state index contributed by atoms with van der Waals surface area (Å²) < 4.78 is 21.7. The highest BCUT2D eigenvalue weighted by Crippen LogP contribution is 2.29. The molecule has 1 amide bonds. The first kappa shape index (κ1) is 14.7. The molecule has 7 heteroatoms. The van der Waals surface area contributed by atoms with Gasteiger partial charge < -0.3 is 5.32 Å². The highest BCUT2D eigenvalue weighted by Gasteiger charge is 2.55. The third kappa shape index (κ3) is 2.34. The van der Waals surface area contributed by atoms with Crippen molar-refractivity contribution in [3.05, 3.63) is 35.9 Å². The Morgan fingerprint density at radius 2 is 1.85 bits per heavy atom. The number of ketones is 1. The standard InChI is InChI=1S/C13H16N2O4S/c14-20(18,19)13(8-4-5-9-15-12(13)17)11(16)10-6-2-1-3-7-10/h1-3,6-7H,4-5,8-9H2,(H,15,17)(H2,14,18,19). The van der Waals surface area contributed by atoms with Gasteiger partial charge in [-0.2, -0.15) is 0 Å². The van der Waals surface area contributed by atoms with Crippen molar-refractivity contribution in [1.29, 1.82) is 0 Å². The lowest BCUT2D eigenvalue weighted by atomic mass is 9.91. The number of carbonyl (C=O) groups is 2. The maximum absolute atomic E-state index is 12.6. The fourth-order valence-corrected chi connectivity index (χ4v) is 3.53. The molecule has 0 saturated carbocycles. The van der Waals surface area contributed by atoms with Gasteiger partial charge in [0, 0.05) is 12.1 Å². The fourth-order valence-electron chi connectivity index (χ4n) is 2.40. The van der Waals surface area contributed by atoms with E-state index in [0.717, 1.165) is 0 Å². The van der Waals surface area contributed by atoms with E-state index in [2.05, 4.69) is 5.32 Å². The number of hydrogen-bond donors (Lipinski definition) is 2. The molecule has 1 aliphatic heterocycles. The molecule has 0 aliphatic carbocycles. The third-order valence-electron chi connectivity index (χ3n) is 3.50. The van der Waals surface area contributed by atoms with Crippen LogP contribution in [0.15, 0.2) is 30.3 Å². The number of nitrogens with two attached hydrogens (primary N) is 1. The van der Waals surface area contributed by atoms with Gasteiger partial charge in [-0.25, -0.2) is 13.6 Å². The molecule has 1 unspecified atom stereocenters. The highest BCUT2D eigenvalue weighted by molar-refractivity contribution is 7.92. The monoisotopic (exact) mass is 296 g/mol. The van der Waals surface area contributed by atoms with Gasteiger partial charge in [0.05, 0.1) is 0 Å². The van der Waals surface area contributed by atoms with Gasteiger partial charge >= 0.3 is 0 Å². The van der Waals surface area contributed by atoms with Crippen molar-refractivity contribution in [2.75, 3.05) is 6.54 Å². The van der Waals surface area contributed by atoms with Gasteiger partial charge in [-0.05, 0) is 19.3 Å². The number of nitrogens with one attached hydrogen (secondary N) is 1. The van der Waals surface area contributed by atoms with Crippen LogP contribution in [-0.2, 0) is 14.8 Å². The van der Waals surface area contributed by atoms with Gasteiger partial charge in [0.25, 0.3) is 5.91 Å². The van der Waals surface area contributed by atoms with E-state index in [4.69, 9.17) is 5.14 Å². The minimum absolute atomic E-state index is 0.0919. The van der Waals surface area contributed by atoms with Gasteiger partial charge in [0.2, 0.25) is 14.8 Å². The van der Waals surface area contributed by atoms with E-state index in [-0.39, 0.29) is 12.0 Å². The number of amides is 1.